The summed E-state index contributed by atoms with van der Waals surface area (Å²) >= 11 is 0. The van der Waals surface area contributed by atoms with Crippen LogP contribution in [-0.2, 0) is 57.6 Å². The van der Waals surface area contributed by atoms with Gasteiger partial charge in [-0.3, -0.25) is 14.1 Å². The average molecular weight is 918 g/mol. The number of anilines is 1. The third kappa shape index (κ3) is 11.3. The molecule has 338 valence electrons. The van der Waals surface area contributed by atoms with Gasteiger partial charge in [-0.05, 0) is 74.9 Å². The molecule has 1 N–H and O–H groups in total. The number of carbonyl (C=O) groups is 3. The minimum absolute atomic E-state index is 0.00890. The van der Waals surface area contributed by atoms with Crippen LogP contribution in [0.5, 0.6) is 0 Å². The third-order valence-electron chi connectivity index (χ3n) is 11.4. The van der Waals surface area contributed by atoms with Crippen LogP contribution in [0.2, 0.25) is 0 Å². The maximum atomic E-state index is 15.2. The van der Waals surface area contributed by atoms with Crippen molar-refractivity contribution in [1.29, 1.82) is 0 Å². The molecular formula is C44H47F4N3O10S2. The number of hydroxylamine groups is 2. The number of amides is 2. The van der Waals surface area contributed by atoms with Crippen molar-refractivity contribution in [3.05, 3.63) is 101 Å². The number of unbranched alkanes of at least 4 members (excludes halogenated alkanes) is 4. The van der Waals surface area contributed by atoms with Gasteiger partial charge in [-0.1, -0.05) is 49.3 Å². The number of aryl methyl sites for hydroxylation is 1. The molecule has 2 aliphatic rings. The number of alkyl halides is 3. The maximum absolute atomic E-state index is 15.2. The van der Waals surface area contributed by atoms with Crippen LogP contribution in [0.25, 0.3) is 27.9 Å². The molecule has 2 aliphatic heterocycles. The molecular weight excluding hydrogens is 871 g/mol. The van der Waals surface area contributed by atoms with Crippen LogP contribution in [0, 0.1) is 5.82 Å². The lowest BCUT2D eigenvalue weighted by molar-refractivity contribution is -0.645. The summed E-state index contributed by atoms with van der Waals surface area (Å²) in [6.07, 6.45) is 1.41. The zero-order valence-corrected chi connectivity index (χ0v) is 36.0. The minimum Gasteiger partial charge on any atom is -0.748 e. The summed E-state index contributed by atoms with van der Waals surface area (Å²) in [4.78, 5) is 42.7. The number of allylic oxidation sites excluding steroid dienone is 3. The Hall–Kier alpha value is -5.24. The lowest BCUT2D eigenvalue weighted by atomic mass is 9.75. The number of nitrogens with zero attached hydrogens (tertiary/aromatic N) is 3. The number of rotatable bonds is 19. The molecule has 2 amide bonds. The van der Waals surface area contributed by atoms with Crippen LogP contribution in [0.3, 0.4) is 0 Å². The van der Waals surface area contributed by atoms with Crippen LogP contribution in [-0.4, -0.2) is 66.8 Å². The van der Waals surface area contributed by atoms with E-state index in [1.165, 1.54) is 0 Å². The number of benzene rings is 3. The van der Waals surface area contributed by atoms with E-state index in [1.807, 2.05) is 59.2 Å². The number of para-hydroxylation sites is 2. The first-order valence-corrected chi connectivity index (χ1v) is 23.7. The first-order valence-electron chi connectivity index (χ1n) is 20.5. The second kappa shape index (κ2) is 19.2. The summed E-state index contributed by atoms with van der Waals surface area (Å²) < 4.78 is 128. The van der Waals surface area contributed by atoms with Crippen molar-refractivity contribution >= 4 is 71.6 Å². The lowest BCUT2D eigenvalue weighted by Crippen LogP contribution is -2.36. The Morgan fingerprint density at radius 3 is 2.11 bits per heavy atom. The predicted molar refractivity (Wildman–Crippen MR) is 225 cm³/mol. The van der Waals surface area contributed by atoms with E-state index in [0.29, 0.717) is 42.6 Å². The molecule has 0 aliphatic carbocycles. The van der Waals surface area contributed by atoms with Crippen molar-refractivity contribution in [3.8, 4) is 0 Å². The van der Waals surface area contributed by atoms with E-state index in [4.69, 9.17) is 4.84 Å². The van der Waals surface area contributed by atoms with Crippen molar-refractivity contribution in [2.45, 2.75) is 95.7 Å². The van der Waals surface area contributed by atoms with Gasteiger partial charge in [-0.15, -0.1) is 5.06 Å². The van der Waals surface area contributed by atoms with Crippen molar-refractivity contribution in [1.82, 2.24) is 5.06 Å². The van der Waals surface area contributed by atoms with Gasteiger partial charge in [0.2, 0.25) is 11.0 Å². The fraction of sp³-hybridized carbons (Fsp3) is 0.409. The highest BCUT2D eigenvalue weighted by molar-refractivity contribution is 7.85. The Kier molecular flexibility index (Phi) is 14.4. The summed E-state index contributed by atoms with van der Waals surface area (Å²) in [5, 5.41) is 2.06. The van der Waals surface area contributed by atoms with Crippen molar-refractivity contribution in [2.75, 3.05) is 23.0 Å². The zero-order chi connectivity index (χ0) is 45.7. The van der Waals surface area contributed by atoms with Gasteiger partial charge in [-0.2, -0.15) is 26.2 Å². The molecule has 63 heavy (non-hydrogen) atoms. The number of hydrogen-bond donors (Lipinski definition) is 1. The summed E-state index contributed by atoms with van der Waals surface area (Å²) in [6.45, 7) is 2.08. The molecule has 0 radical (unpaired) electrons. The Morgan fingerprint density at radius 1 is 0.889 bits per heavy atom. The number of aromatic nitrogens is 1. The summed E-state index contributed by atoms with van der Waals surface area (Å²) in [5.41, 5.74) is -0.0934. The Balaban J connectivity index is 1.38. The number of halogens is 4. The second-order valence-corrected chi connectivity index (χ2v) is 19.0. The fourth-order valence-corrected chi connectivity index (χ4v) is 9.70. The van der Waals surface area contributed by atoms with E-state index in [2.05, 4.69) is 0 Å². The van der Waals surface area contributed by atoms with E-state index < -0.39 is 72.5 Å². The minimum atomic E-state index is -4.97. The van der Waals surface area contributed by atoms with Crippen molar-refractivity contribution < 1.29 is 67.3 Å². The Bertz CT molecular complexity index is 2630. The standard InChI is InChI=1S/C44H47F4N3O10S2/c1-43(23-8-11-26-62(55,56)57)38(19-13-16-31-32-14-4-6-17-35(32)49(24-10-12-27-63(58,59)60)36-18-7-5-15-33(31)36)50(37-29-30(45)28-34(42(37)43)44(46,47)48)25-9-2-3-20-41(54)61-51-39(52)21-22-40(51)53/h4-7,13-19,28-29H,2-3,8-12,20-27H2,1H3,(H-,55,56,57,58,59,60). The molecule has 1 saturated heterocycles. The van der Waals surface area contributed by atoms with Gasteiger partial charge in [0.05, 0.1) is 32.2 Å². The van der Waals surface area contributed by atoms with Crippen LogP contribution in [0.15, 0.2) is 78.5 Å². The number of imide groups is 1. The molecule has 0 spiro atoms. The first kappa shape index (κ1) is 47.2. The topological polar surface area (TPSA) is 182 Å². The van der Waals surface area contributed by atoms with Crippen LogP contribution >= 0.6 is 0 Å². The molecule has 3 heterocycles. The summed E-state index contributed by atoms with van der Waals surface area (Å²) in [7, 11) is -8.75. The molecule has 1 unspecified atom stereocenters. The summed E-state index contributed by atoms with van der Waals surface area (Å²) in [5.74, 6) is -4.26. The highest BCUT2D eigenvalue weighted by Crippen LogP contribution is 2.55. The van der Waals surface area contributed by atoms with Gasteiger partial charge in [0.1, 0.15) is 12.4 Å². The highest BCUT2D eigenvalue weighted by atomic mass is 32.2. The number of carbonyl (C=O) groups excluding carboxylic acids is 3. The van der Waals surface area contributed by atoms with E-state index >= 15 is 4.39 Å². The van der Waals surface area contributed by atoms with Gasteiger partial charge in [0.25, 0.3) is 21.9 Å². The molecule has 19 heteroatoms. The average Bonchev–Trinajstić information content (AvgIpc) is 3.64. The monoisotopic (exact) mass is 917 g/mol. The molecule has 0 bridgehead atoms. The van der Waals surface area contributed by atoms with Gasteiger partial charge < -0.3 is 14.3 Å². The second-order valence-electron chi connectivity index (χ2n) is 15.9. The molecule has 3 aromatic carbocycles. The highest BCUT2D eigenvalue weighted by Gasteiger charge is 2.49. The summed E-state index contributed by atoms with van der Waals surface area (Å²) in [6, 6.07) is 16.5. The quantitative estimate of drug-likeness (QED) is 0.0243. The molecule has 1 atom stereocenters. The van der Waals surface area contributed by atoms with Crippen molar-refractivity contribution in [2.24, 2.45) is 0 Å². The number of fused-ring (bicyclic) bond motifs is 3. The zero-order valence-electron chi connectivity index (χ0n) is 34.4. The van der Waals surface area contributed by atoms with Crippen LogP contribution < -0.4 is 9.47 Å². The molecule has 0 saturated carbocycles. The predicted octanol–water partition coefficient (Wildman–Crippen LogP) is 7.66. The van der Waals surface area contributed by atoms with E-state index in [9.17, 15) is 53.5 Å². The van der Waals surface area contributed by atoms with E-state index in [-0.39, 0.29) is 69.2 Å². The van der Waals surface area contributed by atoms with E-state index in [1.54, 1.807) is 24.0 Å². The normalized spacial score (nSPS) is 17.9. The van der Waals surface area contributed by atoms with Gasteiger partial charge in [0, 0.05) is 72.5 Å². The Labute approximate surface area is 362 Å². The fourth-order valence-electron chi connectivity index (χ4n) is 8.57. The molecule has 1 fully saturated rings. The van der Waals surface area contributed by atoms with Gasteiger partial charge >= 0.3 is 12.1 Å². The molecule has 6 rings (SSSR count). The van der Waals surface area contributed by atoms with E-state index in [0.717, 1.165) is 33.4 Å². The SMILES string of the molecule is CC1(CCCCS(=O)(=O)O)C(=CC=Cc2c3ccccc3[n+](CCCCS(=O)(=O)[O-])c3ccccc23)N(CCCCCC(=O)ON2C(=O)CCC2=O)c2cc(F)cc(C(F)(F)F)c21. The molecule has 1 aromatic heterocycles. The molecule has 4 aromatic rings. The smallest absolute Gasteiger partial charge is 0.416 e. The molecule has 13 nitrogen and oxygen atoms in total. The van der Waals surface area contributed by atoms with Crippen molar-refractivity contribution in [3.63, 3.8) is 0 Å². The van der Waals surface area contributed by atoms with Crippen LogP contribution in [0.4, 0.5) is 23.2 Å². The van der Waals surface area contributed by atoms with Gasteiger partial charge in [-0.25, -0.2) is 17.6 Å². The lowest BCUT2D eigenvalue weighted by Gasteiger charge is -2.31. The van der Waals surface area contributed by atoms with Crippen LogP contribution in [0.1, 0.15) is 94.2 Å². The third-order valence-corrected chi connectivity index (χ3v) is 13.0. The Morgan fingerprint density at radius 2 is 1.51 bits per heavy atom. The first-order chi connectivity index (χ1) is 29.7. The largest absolute Gasteiger partial charge is 0.748 e. The number of pyridine rings is 1. The van der Waals surface area contributed by atoms with Gasteiger partial charge in [0.15, 0.2) is 0 Å². The maximum Gasteiger partial charge on any atom is 0.416 e. The number of hydrogen-bond acceptors (Lipinski definition) is 10.